The van der Waals surface area contributed by atoms with E-state index in [-0.39, 0.29) is 31.0 Å². The second-order valence-corrected chi connectivity index (χ2v) is 11.2. The van der Waals surface area contributed by atoms with E-state index in [1.807, 2.05) is 30.3 Å². The summed E-state index contributed by atoms with van der Waals surface area (Å²) in [6, 6.07) is 13.5. The van der Waals surface area contributed by atoms with E-state index in [4.69, 9.17) is 9.88 Å². The second-order valence-electron chi connectivity index (χ2n) is 9.61. The van der Waals surface area contributed by atoms with Gasteiger partial charge in [-0.25, -0.2) is 17.9 Å². The summed E-state index contributed by atoms with van der Waals surface area (Å²) in [5.41, 5.74) is 1.98. The number of nitrogens with two attached hydrogens (primary N) is 1. The summed E-state index contributed by atoms with van der Waals surface area (Å²) in [6.07, 6.45) is 1.61. The maximum Gasteiger partial charge on any atom is 0.244 e. The van der Waals surface area contributed by atoms with Crippen LogP contribution in [0.1, 0.15) is 35.7 Å². The first-order chi connectivity index (χ1) is 18.5. The number of Topliss-reactive ketones (excluding diaryl/α,β-unsaturated/α-hetero) is 1. The lowest BCUT2D eigenvalue weighted by Gasteiger charge is -2.24. The fourth-order valence-corrected chi connectivity index (χ4v) is 5.04. The number of rotatable bonds is 11. The zero-order valence-corrected chi connectivity index (χ0v) is 22.3. The minimum atomic E-state index is -3.87. The van der Waals surface area contributed by atoms with Gasteiger partial charge in [-0.05, 0) is 43.5 Å². The molecule has 1 aliphatic rings. The van der Waals surface area contributed by atoms with Gasteiger partial charge in [0.2, 0.25) is 27.8 Å². The van der Waals surface area contributed by atoms with Gasteiger partial charge in [0.25, 0.3) is 0 Å². The van der Waals surface area contributed by atoms with Gasteiger partial charge in [0.05, 0.1) is 6.54 Å². The lowest BCUT2D eigenvalue weighted by atomic mass is 10.1. The fraction of sp³-hybridized carbons (Fsp3) is 0.370. The van der Waals surface area contributed by atoms with E-state index >= 15 is 0 Å². The molecule has 0 saturated carbocycles. The molecule has 10 nitrogen and oxygen atoms in total. The zero-order chi connectivity index (χ0) is 28.2. The van der Waals surface area contributed by atoms with Crippen molar-refractivity contribution in [2.75, 3.05) is 19.0 Å². The van der Waals surface area contributed by atoms with Crippen LogP contribution < -0.4 is 15.2 Å². The SMILES string of the molecule is CC(=O)c1cn(CC(=O)N2C[C@H](F)C[C@H]2C(=O)NCCCc2ccccc2)c2ccc(OCS(N)(=O)=O)cc12. The Hall–Kier alpha value is -3.77. The van der Waals surface area contributed by atoms with Gasteiger partial charge in [0, 0.05) is 35.6 Å². The number of ketones is 1. The molecule has 4 rings (SSSR count). The van der Waals surface area contributed by atoms with E-state index in [9.17, 15) is 27.2 Å². The van der Waals surface area contributed by atoms with E-state index in [1.54, 1.807) is 10.6 Å². The highest BCUT2D eigenvalue weighted by Gasteiger charge is 2.39. The van der Waals surface area contributed by atoms with E-state index in [2.05, 4.69) is 5.32 Å². The molecule has 39 heavy (non-hydrogen) atoms. The maximum atomic E-state index is 14.4. The number of nitrogens with zero attached hydrogens (tertiary/aromatic N) is 2. The van der Waals surface area contributed by atoms with E-state index in [0.29, 0.717) is 29.4 Å². The van der Waals surface area contributed by atoms with Crippen molar-refractivity contribution in [3.63, 3.8) is 0 Å². The number of carbonyl (C=O) groups excluding carboxylic acids is 3. The highest BCUT2D eigenvalue weighted by Crippen LogP contribution is 2.28. The van der Waals surface area contributed by atoms with Gasteiger partial charge in [0.1, 0.15) is 24.5 Å². The number of aromatic nitrogens is 1. The lowest BCUT2D eigenvalue weighted by molar-refractivity contribution is -0.138. The summed E-state index contributed by atoms with van der Waals surface area (Å²) in [7, 11) is -3.87. The van der Waals surface area contributed by atoms with Gasteiger partial charge < -0.3 is 19.5 Å². The van der Waals surface area contributed by atoms with Crippen molar-refractivity contribution in [2.45, 2.75) is 44.9 Å². The number of ether oxygens (including phenoxy) is 1. The number of alkyl halides is 1. The average molecular weight is 559 g/mol. The lowest BCUT2D eigenvalue weighted by Crippen LogP contribution is -2.47. The van der Waals surface area contributed by atoms with Gasteiger partial charge in [-0.2, -0.15) is 0 Å². The number of fused-ring (bicyclic) bond motifs is 1. The molecule has 0 radical (unpaired) electrons. The quantitative estimate of drug-likeness (QED) is 0.273. The highest BCUT2D eigenvalue weighted by molar-refractivity contribution is 7.88. The van der Waals surface area contributed by atoms with E-state index < -0.39 is 40.0 Å². The summed E-state index contributed by atoms with van der Waals surface area (Å²) in [6.45, 7) is 1.37. The molecule has 2 aromatic carbocycles. The second kappa shape index (κ2) is 12.0. The molecule has 1 saturated heterocycles. The topological polar surface area (TPSA) is 141 Å². The molecule has 12 heteroatoms. The van der Waals surface area contributed by atoms with E-state index in [1.165, 1.54) is 30.2 Å². The van der Waals surface area contributed by atoms with Gasteiger partial charge >= 0.3 is 0 Å². The zero-order valence-electron chi connectivity index (χ0n) is 21.5. The smallest absolute Gasteiger partial charge is 0.244 e. The van der Waals surface area contributed by atoms with Crippen LogP contribution in [0.4, 0.5) is 4.39 Å². The molecule has 0 aliphatic carbocycles. The predicted molar refractivity (Wildman–Crippen MR) is 143 cm³/mol. The van der Waals surface area contributed by atoms with Crippen LogP contribution >= 0.6 is 0 Å². The average Bonchev–Trinajstić information content (AvgIpc) is 3.46. The molecule has 1 aromatic heterocycles. The van der Waals surface area contributed by atoms with Crippen LogP contribution in [0.2, 0.25) is 0 Å². The van der Waals surface area contributed by atoms with Gasteiger partial charge in [-0.3, -0.25) is 14.4 Å². The normalized spacial score (nSPS) is 17.4. The first kappa shape index (κ1) is 28.2. The van der Waals surface area contributed by atoms with Crippen molar-refractivity contribution >= 4 is 38.5 Å². The van der Waals surface area contributed by atoms with Gasteiger partial charge in [0.15, 0.2) is 5.78 Å². The first-order valence-electron chi connectivity index (χ1n) is 12.5. The van der Waals surface area contributed by atoms with Crippen LogP contribution in [0.5, 0.6) is 5.75 Å². The molecule has 3 aromatic rings. The van der Waals surface area contributed by atoms with Crippen molar-refractivity contribution in [3.8, 4) is 5.75 Å². The Morgan fingerprint density at radius 1 is 1.15 bits per heavy atom. The highest BCUT2D eigenvalue weighted by atomic mass is 32.2. The molecule has 0 bridgehead atoms. The number of benzene rings is 2. The third kappa shape index (κ3) is 7.21. The summed E-state index contributed by atoms with van der Waals surface area (Å²) in [5.74, 6) is -1.67. The molecule has 2 atom stereocenters. The Balaban J connectivity index is 1.44. The number of likely N-dealkylation sites (tertiary alicyclic amines) is 1. The summed E-state index contributed by atoms with van der Waals surface area (Å²) in [5, 5.41) is 8.27. The predicted octanol–water partition coefficient (Wildman–Crippen LogP) is 2.16. The van der Waals surface area contributed by atoms with Crippen LogP contribution in [-0.4, -0.2) is 66.7 Å². The number of halogens is 1. The third-order valence-corrected chi connectivity index (χ3v) is 7.03. The first-order valence-corrected chi connectivity index (χ1v) is 14.3. The Morgan fingerprint density at radius 3 is 2.59 bits per heavy atom. The summed E-state index contributed by atoms with van der Waals surface area (Å²) in [4.78, 5) is 39.6. The standard InChI is InChI=1S/C27H31FN4O6S/c1-18(33)23-15-31(24-10-9-21(13-22(23)24)38-17-39(29,36)37)16-26(34)32-14-20(28)12-25(32)27(35)30-11-5-8-19-6-3-2-4-7-19/h2-4,6-7,9-10,13,15,20,25H,5,8,11-12,14,16-17H2,1H3,(H,30,35)(H2,29,36,37)/t20-,25+/m1/s1. The number of hydrogen-bond donors (Lipinski definition) is 2. The van der Waals surface area contributed by atoms with Crippen LogP contribution in [0.3, 0.4) is 0 Å². The summed E-state index contributed by atoms with van der Waals surface area (Å²) < 4.78 is 43.6. The summed E-state index contributed by atoms with van der Waals surface area (Å²) >= 11 is 0. The monoisotopic (exact) mass is 558 g/mol. The fourth-order valence-electron chi connectivity index (χ4n) is 4.74. The molecule has 1 fully saturated rings. The Bertz CT molecular complexity index is 1470. The van der Waals surface area contributed by atoms with Crippen LogP contribution in [0.25, 0.3) is 10.9 Å². The van der Waals surface area contributed by atoms with Gasteiger partial charge in [-0.15, -0.1) is 0 Å². The Labute approximate surface area is 226 Å². The van der Waals surface area contributed by atoms with Crippen LogP contribution in [-0.2, 0) is 32.6 Å². The third-order valence-electron chi connectivity index (χ3n) is 6.58. The number of carbonyl (C=O) groups is 3. The molecule has 208 valence electrons. The molecule has 2 heterocycles. The van der Waals surface area contributed by atoms with Crippen LogP contribution in [0.15, 0.2) is 54.7 Å². The van der Waals surface area contributed by atoms with Crippen molar-refractivity contribution in [3.05, 3.63) is 65.9 Å². The molecule has 3 N–H and O–H groups in total. The molecular weight excluding hydrogens is 527 g/mol. The van der Waals surface area contributed by atoms with Gasteiger partial charge in [-0.1, -0.05) is 30.3 Å². The van der Waals surface area contributed by atoms with E-state index in [0.717, 1.165) is 12.0 Å². The van der Waals surface area contributed by atoms with Crippen molar-refractivity contribution in [1.29, 1.82) is 0 Å². The number of amides is 2. The van der Waals surface area contributed by atoms with Crippen molar-refractivity contribution in [2.24, 2.45) is 5.14 Å². The number of primary sulfonamides is 1. The molecular formula is C27H31FN4O6S. The Morgan fingerprint density at radius 2 is 1.90 bits per heavy atom. The van der Waals surface area contributed by atoms with Crippen molar-refractivity contribution < 1.29 is 31.9 Å². The minimum absolute atomic E-state index is 0.0773. The number of hydrogen-bond acceptors (Lipinski definition) is 6. The molecule has 0 spiro atoms. The van der Waals surface area contributed by atoms with Crippen LogP contribution in [0, 0.1) is 0 Å². The Kier molecular flexibility index (Phi) is 8.66. The molecule has 0 unspecified atom stereocenters. The maximum absolute atomic E-state index is 14.4. The number of nitrogens with one attached hydrogen (secondary N) is 1. The number of sulfonamides is 1. The largest absolute Gasteiger partial charge is 0.476 e. The minimum Gasteiger partial charge on any atom is -0.476 e. The molecule has 1 aliphatic heterocycles. The molecule has 2 amide bonds. The number of aryl methyl sites for hydroxylation is 1. The van der Waals surface area contributed by atoms with Crippen molar-refractivity contribution in [1.82, 2.24) is 14.8 Å².